The predicted octanol–water partition coefficient (Wildman–Crippen LogP) is 3.85. The van der Waals surface area contributed by atoms with Crippen LogP contribution in [0.5, 0.6) is 11.5 Å². The molecule has 0 aliphatic carbocycles. The maximum absolute atomic E-state index is 13.7. The molecule has 0 aliphatic heterocycles. The van der Waals surface area contributed by atoms with Gasteiger partial charge in [-0.05, 0) is 43.7 Å². The lowest BCUT2D eigenvalue weighted by atomic mass is 10.1. The summed E-state index contributed by atoms with van der Waals surface area (Å²) in [6.07, 6.45) is -0.773. The molecule has 1 atom stereocenters. The Morgan fingerprint density at radius 1 is 1.20 bits per heavy atom. The zero-order valence-electron chi connectivity index (χ0n) is 11.2. The normalized spacial score (nSPS) is 11.8. The number of hydrogen-bond donors (Lipinski definition) is 1. The third kappa shape index (κ3) is 2.95. The van der Waals surface area contributed by atoms with Crippen molar-refractivity contribution in [3.05, 3.63) is 58.9 Å². The quantitative estimate of drug-likeness (QED) is 0.922. The van der Waals surface area contributed by atoms with E-state index >= 15 is 0 Å². The Labute approximate surface area is 116 Å². The lowest BCUT2D eigenvalue weighted by Gasteiger charge is -2.14. The maximum atomic E-state index is 13.7. The summed E-state index contributed by atoms with van der Waals surface area (Å²) >= 11 is 0. The fraction of sp³-hybridized carbons (Fsp3) is 0.188. The molecule has 0 radical (unpaired) electrons. The van der Waals surface area contributed by atoms with Crippen LogP contribution in [-0.2, 0) is 0 Å². The summed E-state index contributed by atoms with van der Waals surface area (Å²) in [5.41, 5.74) is 1.75. The van der Waals surface area contributed by atoms with E-state index in [1.807, 2.05) is 13.0 Å². The average molecular weight is 271 g/mol. The molecule has 3 nitrogen and oxygen atoms in total. The highest BCUT2D eigenvalue weighted by Crippen LogP contribution is 2.32. The van der Waals surface area contributed by atoms with Crippen molar-refractivity contribution in [3.63, 3.8) is 0 Å². The van der Waals surface area contributed by atoms with Crippen LogP contribution in [-0.4, -0.2) is 5.11 Å². The first-order valence-corrected chi connectivity index (χ1v) is 6.17. The Morgan fingerprint density at radius 3 is 2.60 bits per heavy atom. The number of nitrogens with zero attached hydrogens (tertiary/aromatic N) is 1. The zero-order chi connectivity index (χ0) is 14.7. The highest BCUT2D eigenvalue weighted by atomic mass is 19.1. The van der Waals surface area contributed by atoms with E-state index < -0.39 is 11.9 Å². The monoisotopic (exact) mass is 271 g/mol. The summed E-state index contributed by atoms with van der Waals surface area (Å²) in [5, 5.41) is 18.6. The molecule has 0 amide bonds. The molecule has 0 spiro atoms. The number of halogens is 1. The molecule has 0 saturated carbocycles. The van der Waals surface area contributed by atoms with Gasteiger partial charge in [0.25, 0.3) is 0 Å². The fourth-order valence-corrected chi connectivity index (χ4v) is 1.84. The molecule has 2 aromatic carbocycles. The van der Waals surface area contributed by atoms with E-state index in [0.29, 0.717) is 11.1 Å². The van der Waals surface area contributed by atoms with Crippen LogP contribution in [0, 0.1) is 24.1 Å². The first kappa shape index (κ1) is 14.0. The number of ether oxygens (including phenoxy) is 1. The number of aliphatic hydroxyl groups excluding tert-OH is 1. The van der Waals surface area contributed by atoms with Crippen LogP contribution in [0.1, 0.15) is 29.7 Å². The fourth-order valence-electron chi connectivity index (χ4n) is 1.84. The SMILES string of the molecule is Cc1ccc(F)c(Oc2cc(C#N)ccc2C(C)O)c1. The van der Waals surface area contributed by atoms with E-state index in [9.17, 15) is 9.50 Å². The Hall–Kier alpha value is -2.38. The number of aliphatic hydroxyl groups is 1. The van der Waals surface area contributed by atoms with Crippen LogP contribution in [0.3, 0.4) is 0 Å². The molecule has 102 valence electrons. The van der Waals surface area contributed by atoms with Gasteiger partial charge in [0.15, 0.2) is 11.6 Å². The van der Waals surface area contributed by atoms with Crippen LogP contribution >= 0.6 is 0 Å². The minimum absolute atomic E-state index is 0.0713. The van der Waals surface area contributed by atoms with Crippen molar-refractivity contribution in [1.82, 2.24) is 0 Å². The second kappa shape index (κ2) is 5.72. The van der Waals surface area contributed by atoms with E-state index in [2.05, 4.69) is 0 Å². The molecule has 2 aromatic rings. The van der Waals surface area contributed by atoms with Crippen molar-refractivity contribution in [2.75, 3.05) is 0 Å². The number of aryl methyl sites for hydroxylation is 1. The van der Waals surface area contributed by atoms with Gasteiger partial charge in [-0.2, -0.15) is 5.26 Å². The van der Waals surface area contributed by atoms with E-state index in [-0.39, 0.29) is 11.5 Å². The highest BCUT2D eigenvalue weighted by Gasteiger charge is 2.13. The first-order chi connectivity index (χ1) is 9.51. The van der Waals surface area contributed by atoms with Crippen LogP contribution in [0.15, 0.2) is 36.4 Å². The van der Waals surface area contributed by atoms with Crippen molar-refractivity contribution in [1.29, 1.82) is 5.26 Å². The summed E-state index contributed by atoms with van der Waals surface area (Å²) in [6.45, 7) is 3.41. The minimum Gasteiger partial charge on any atom is -0.454 e. The van der Waals surface area contributed by atoms with E-state index in [0.717, 1.165) is 5.56 Å². The van der Waals surface area contributed by atoms with Gasteiger partial charge in [0.2, 0.25) is 0 Å². The van der Waals surface area contributed by atoms with Gasteiger partial charge in [-0.3, -0.25) is 0 Å². The summed E-state index contributed by atoms with van der Waals surface area (Å²) in [5.74, 6) is -0.139. The molecule has 0 bridgehead atoms. The molecule has 20 heavy (non-hydrogen) atoms. The predicted molar refractivity (Wildman–Crippen MR) is 73.0 cm³/mol. The summed E-state index contributed by atoms with van der Waals surface area (Å²) in [7, 11) is 0. The van der Waals surface area contributed by atoms with Gasteiger partial charge in [0.1, 0.15) is 5.75 Å². The van der Waals surface area contributed by atoms with Crippen LogP contribution in [0.2, 0.25) is 0 Å². The third-order valence-corrected chi connectivity index (χ3v) is 2.90. The van der Waals surface area contributed by atoms with Gasteiger partial charge in [-0.25, -0.2) is 4.39 Å². The standard InChI is InChI=1S/C16H14FNO2/c1-10-3-6-14(17)16(7-10)20-15-8-12(9-18)4-5-13(15)11(2)19/h3-8,11,19H,1-2H3. The second-order valence-electron chi connectivity index (χ2n) is 4.58. The van der Waals surface area contributed by atoms with Gasteiger partial charge >= 0.3 is 0 Å². The van der Waals surface area contributed by atoms with Gasteiger partial charge in [-0.15, -0.1) is 0 Å². The molecule has 0 fully saturated rings. The van der Waals surface area contributed by atoms with Gasteiger partial charge in [0.05, 0.1) is 17.7 Å². The topological polar surface area (TPSA) is 53.2 Å². The summed E-state index contributed by atoms with van der Waals surface area (Å²) in [4.78, 5) is 0. The molecule has 1 N–H and O–H groups in total. The smallest absolute Gasteiger partial charge is 0.165 e. The largest absolute Gasteiger partial charge is 0.454 e. The summed E-state index contributed by atoms with van der Waals surface area (Å²) in [6, 6.07) is 11.2. The molecule has 0 heterocycles. The van der Waals surface area contributed by atoms with Crippen LogP contribution in [0.4, 0.5) is 4.39 Å². The number of nitriles is 1. The maximum Gasteiger partial charge on any atom is 0.165 e. The van der Waals surface area contributed by atoms with Crippen molar-refractivity contribution >= 4 is 0 Å². The lowest BCUT2D eigenvalue weighted by molar-refractivity contribution is 0.195. The number of benzene rings is 2. The Kier molecular flexibility index (Phi) is 4.02. The van der Waals surface area contributed by atoms with Crippen molar-refractivity contribution < 1.29 is 14.2 Å². The molecule has 4 heteroatoms. The second-order valence-corrected chi connectivity index (χ2v) is 4.58. The summed E-state index contributed by atoms with van der Waals surface area (Å²) < 4.78 is 19.3. The molecule has 2 rings (SSSR count). The molecular weight excluding hydrogens is 257 g/mol. The van der Waals surface area contributed by atoms with Gasteiger partial charge < -0.3 is 9.84 Å². The zero-order valence-corrected chi connectivity index (χ0v) is 11.2. The van der Waals surface area contributed by atoms with Crippen LogP contribution < -0.4 is 4.74 Å². The number of hydrogen-bond acceptors (Lipinski definition) is 3. The number of rotatable bonds is 3. The van der Waals surface area contributed by atoms with E-state index in [4.69, 9.17) is 10.00 Å². The first-order valence-electron chi connectivity index (χ1n) is 6.17. The van der Waals surface area contributed by atoms with E-state index in [1.165, 1.54) is 12.1 Å². The van der Waals surface area contributed by atoms with Crippen molar-refractivity contribution in [2.45, 2.75) is 20.0 Å². The Bertz CT molecular complexity index is 675. The lowest BCUT2D eigenvalue weighted by Crippen LogP contribution is -1.98. The molecular formula is C16H14FNO2. The minimum atomic E-state index is -0.773. The van der Waals surface area contributed by atoms with Crippen molar-refractivity contribution in [2.24, 2.45) is 0 Å². The molecule has 0 aromatic heterocycles. The van der Waals surface area contributed by atoms with Gasteiger partial charge in [0, 0.05) is 5.56 Å². The van der Waals surface area contributed by atoms with Gasteiger partial charge in [-0.1, -0.05) is 12.1 Å². The van der Waals surface area contributed by atoms with Crippen molar-refractivity contribution in [3.8, 4) is 17.6 Å². The Morgan fingerprint density at radius 2 is 1.95 bits per heavy atom. The van der Waals surface area contributed by atoms with Crippen LogP contribution in [0.25, 0.3) is 0 Å². The Balaban J connectivity index is 2.46. The third-order valence-electron chi connectivity index (χ3n) is 2.90. The molecule has 0 aliphatic rings. The molecule has 0 saturated heterocycles. The average Bonchev–Trinajstić information content (AvgIpc) is 2.42. The highest BCUT2D eigenvalue weighted by molar-refractivity contribution is 5.46. The molecule has 1 unspecified atom stereocenters. The van der Waals surface area contributed by atoms with E-state index in [1.54, 1.807) is 31.2 Å².